The Morgan fingerprint density at radius 3 is 2.50 bits per heavy atom. The lowest BCUT2D eigenvalue weighted by Gasteiger charge is -2.29. The third-order valence-electron chi connectivity index (χ3n) is 4.81. The molecule has 3 rings (SSSR count). The van der Waals surface area contributed by atoms with E-state index in [2.05, 4.69) is 44.4 Å². The minimum atomic E-state index is 0. The second-order valence-corrected chi connectivity index (χ2v) is 7.22. The zero-order valence-corrected chi connectivity index (χ0v) is 19.8. The van der Waals surface area contributed by atoms with Crippen LogP contribution in [0.2, 0.25) is 5.02 Å². The summed E-state index contributed by atoms with van der Waals surface area (Å²) in [7, 11) is 5.83. The van der Waals surface area contributed by atoms with E-state index in [0.29, 0.717) is 0 Å². The van der Waals surface area contributed by atoms with E-state index < -0.39 is 0 Å². The summed E-state index contributed by atoms with van der Waals surface area (Å²) in [6.07, 6.45) is 1.91. The van der Waals surface area contributed by atoms with Gasteiger partial charge in [0, 0.05) is 58.4 Å². The maximum atomic E-state index is 6.08. The first-order valence-corrected chi connectivity index (χ1v) is 9.59. The molecule has 2 aromatic rings. The second-order valence-electron chi connectivity index (χ2n) is 6.78. The van der Waals surface area contributed by atoms with Gasteiger partial charge in [-0.3, -0.25) is 4.99 Å². The topological polar surface area (TPSA) is 45.0 Å². The van der Waals surface area contributed by atoms with Gasteiger partial charge in [0.05, 0.1) is 24.8 Å². The maximum absolute atomic E-state index is 6.08. The van der Waals surface area contributed by atoms with Gasteiger partial charge in [0.1, 0.15) is 0 Å². The summed E-state index contributed by atoms with van der Waals surface area (Å²) in [6.45, 7) is 4.99. The van der Waals surface area contributed by atoms with Gasteiger partial charge in [0.25, 0.3) is 0 Å². The van der Waals surface area contributed by atoms with Gasteiger partial charge in [-0.1, -0.05) is 23.7 Å². The number of hydrogen-bond acceptors (Lipinski definition) is 3. The molecule has 28 heavy (non-hydrogen) atoms. The van der Waals surface area contributed by atoms with Crippen LogP contribution < -0.4 is 10.2 Å². The molecule has 0 radical (unpaired) electrons. The molecule has 0 amide bonds. The number of aromatic nitrogens is 1. The minimum Gasteiger partial charge on any atom is -0.378 e. The Balaban J connectivity index is 0.00000280. The number of halogens is 2. The highest BCUT2D eigenvalue weighted by atomic mass is 127. The highest BCUT2D eigenvalue weighted by Gasteiger charge is 2.12. The zero-order valence-electron chi connectivity index (χ0n) is 16.7. The summed E-state index contributed by atoms with van der Waals surface area (Å²) >= 11 is 6.08. The van der Waals surface area contributed by atoms with Crippen molar-refractivity contribution in [1.82, 2.24) is 14.8 Å². The molecule has 0 aliphatic carbocycles. The predicted molar refractivity (Wildman–Crippen MR) is 127 cm³/mol. The van der Waals surface area contributed by atoms with E-state index in [1.165, 1.54) is 11.3 Å². The molecular weight excluding hydrogens is 489 g/mol. The van der Waals surface area contributed by atoms with Crippen LogP contribution in [0.1, 0.15) is 11.3 Å². The number of guanidine groups is 1. The molecule has 0 saturated carbocycles. The molecule has 1 fully saturated rings. The summed E-state index contributed by atoms with van der Waals surface area (Å²) in [5.74, 6) is 0.851. The summed E-state index contributed by atoms with van der Waals surface area (Å²) < 4.78 is 7.46. The van der Waals surface area contributed by atoms with Gasteiger partial charge in [0.15, 0.2) is 5.96 Å². The number of hydrogen-bond donors (Lipinski definition) is 1. The number of ether oxygens (including phenoxy) is 1. The largest absolute Gasteiger partial charge is 0.378 e. The minimum absolute atomic E-state index is 0. The lowest BCUT2D eigenvalue weighted by atomic mass is 10.2. The number of aryl methyl sites for hydroxylation is 1. The van der Waals surface area contributed by atoms with Crippen LogP contribution in [0.4, 0.5) is 5.69 Å². The lowest BCUT2D eigenvalue weighted by Crippen LogP contribution is -2.38. The zero-order chi connectivity index (χ0) is 19.2. The number of rotatable bonds is 5. The molecule has 6 nitrogen and oxygen atoms in total. The molecule has 1 aliphatic rings. The SMILES string of the molecule is CN=C(NCc1ccc(N2CCOCC2)cc1)N(C)Cc1cc(Cl)cn1C.I. The molecule has 154 valence electrons. The number of benzene rings is 1. The van der Waals surface area contributed by atoms with Gasteiger partial charge in [-0.15, -0.1) is 24.0 Å². The molecule has 1 aromatic carbocycles. The number of nitrogens with one attached hydrogen (secondary N) is 1. The molecule has 1 aliphatic heterocycles. The number of aliphatic imine (C=N–C) groups is 1. The van der Waals surface area contributed by atoms with E-state index in [-0.39, 0.29) is 24.0 Å². The Bertz CT molecular complexity index is 771. The van der Waals surface area contributed by atoms with Crippen molar-refractivity contribution < 1.29 is 4.74 Å². The van der Waals surface area contributed by atoms with E-state index in [4.69, 9.17) is 16.3 Å². The van der Waals surface area contributed by atoms with Gasteiger partial charge in [0.2, 0.25) is 0 Å². The lowest BCUT2D eigenvalue weighted by molar-refractivity contribution is 0.122. The average molecular weight is 518 g/mol. The van der Waals surface area contributed by atoms with Crippen molar-refractivity contribution in [2.45, 2.75) is 13.1 Å². The number of morpholine rings is 1. The van der Waals surface area contributed by atoms with Crippen molar-refractivity contribution in [3.63, 3.8) is 0 Å². The molecule has 1 aromatic heterocycles. The van der Waals surface area contributed by atoms with Crippen molar-refractivity contribution >= 4 is 47.2 Å². The normalized spacial score (nSPS) is 14.6. The van der Waals surface area contributed by atoms with E-state index in [1.54, 1.807) is 7.05 Å². The molecule has 2 heterocycles. The fourth-order valence-electron chi connectivity index (χ4n) is 3.25. The van der Waals surface area contributed by atoms with Gasteiger partial charge in [-0.2, -0.15) is 0 Å². The Morgan fingerprint density at radius 1 is 1.25 bits per heavy atom. The third kappa shape index (κ3) is 6.02. The summed E-state index contributed by atoms with van der Waals surface area (Å²) in [4.78, 5) is 8.84. The Kier molecular flexibility index (Phi) is 8.91. The first kappa shape index (κ1) is 22.8. The highest BCUT2D eigenvalue weighted by Crippen LogP contribution is 2.17. The number of nitrogens with zero attached hydrogens (tertiary/aromatic N) is 4. The Labute approximate surface area is 189 Å². The van der Waals surface area contributed by atoms with E-state index >= 15 is 0 Å². The second kappa shape index (κ2) is 10.9. The van der Waals surface area contributed by atoms with Crippen LogP contribution in [-0.2, 0) is 24.9 Å². The Hall–Kier alpha value is -1.45. The fraction of sp³-hybridized carbons (Fsp3) is 0.450. The third-order valence-corrected chi connectivity index (χ3v) is 5.02. The molecular formula is C20H29ClIN5O. The van der Waals surface area contributed by atoms with Gasteiger partial charge >= 0.3 is 0 Å². The van der Waals surface area contributed by atoms with Gasteiger partial charge < -0.3 is 24.4 Å². The smallest absolute Gasteiger partial charge is 0.194 e. The van der Waals surface area contributed by atoms with Crippen molar-refractivity contribution in [2.75, 3.05) is 45.3 Å². The highest BCUT2D eigenvalue weighted by molar-refractivity contribution is 14.0. The summed E-state index contributed by atoms with van der Waals surface area (Å²) in [5.41, 5.74) is 3.62. The quantitative estimate of drug-likeness (QED) is 0.375. The van der Waals surface area contributed by atoms with Crippen LogP contribution in [0.15, 0.2) is 41.5 Å². The van der Waals surface area contributed by atoms with Gasteiger partial charge in [-0.05, 0) is 23.8 Å². The standard InChI is InChI=1S/C20H28ClN5O.HI/c1-22-20(25(3)15-19-12-17(21)14-24(19)2)23-13-16-4-6-18(7-5-16)26-8-10-27-11-9-26;/h4-7,12,14H,8-11,13,15H2,1-3H3,(H,22,23);1H. The molecule has 1 N–H and O–H groups in total. The monoisotopic (exact) mass is 517 g/mol. The van der Waals surface area contributed by atoms with E-state index in [9.17, 15) is 0 Å². The molecule has 0 spiro atoms. The van der Waals surface area contributed by atoms with E-state index in [1.807, 2.05) is 30.9 Å². The first-order chi connectivity index (χ1) is 13.1. The Morgan fingerprint density at radius 2 is 1.93 bits per heavy atom. The van der Waals surface area contributed by atoms with Crippen molar-refractivity contribution in [1.29, 1.82) is 0 Å². The predicted octanol–water partition coefficient (Wildman–Crippen LogP) is 3.34. The van der Waals surface area contributed by atoms with Crippen LogP contribution in [0.5, 0.6) is 0 Å². The first-order valence-electron chi connectivity index (χ1n) is 9.21. The summed E-state index contributed by atoms with van der Waals surface area (Å²) in [6, 6.07) is 10.7. The molecule has 0 bridgehead atoms. The van der Waals surface area contributed by atoms with Crippen LogP contribution >= 0.6 is 35.6 Å². The van der Waals surface area contributed by atoms with Gasteiger partial charge in [-0.25, -0.2) is 0 Å². The molecule has 0 atom stereocenters. The maximum Gasteiger partial charge on any atom is 0.194 e. The van der Waals surface area contributed by atoms with E-state index in [0.717, 1.165) is 56.1 Å². The molecule has 0 unspecified atom stereocenters. The van der Waals surface area contributed by atoms with Crippen molar-refractivity contribution in [3.8, 4) is 0 Å². The number of anilines is 1. The van der Waals surface area contributed by atoms with Crippen LogP contribution in [-0.4, -0.2) is 55.8 Å². The van der Waals surface area contributed by atoms with Crippen LogP contribution in [0, 0.1) is 0 Å². The average Bonchev–Trinajstić information content (AvgIpc) is 3.00. The van der Waals surface area contributed by atoms with Crippen molar-refractivity contribution in [2.24, 2.45) is 12.0 Å². The summed E-state index contributed by atoms with van der Waals surface area (Å²) in [5, 5.41) is 4.18. The van der Waals surface area contributed by atoms with Crippen molar-refractivity contribution in [3.05, 3.63) is 52.8 Å². The van der Waals surface area contributed by atoms with Crippen LogP contribution in [0.3, 0.4) is 0 Å². The molecule has 8 heteroatoms. The fourth-order valence-corrected chi connectivity index (χ4v) is 3.53. The molecule has 1 saturated heterocycles. The van der Waals surface area contributed by atoms with Crippen LogP contribution in [0.25, 0.3) is 0 Å².